The highest BCUT2D eigenvalue weighted by molar-refractivity contribution is 4.69. The zero-order chi connectivity index (χ0) is 11.5. The summed E-state index contributed by atoms with van der Waals surface area (Å²) in [6, 6.07) is 0.316. The largest absolute Gasteiger partial charge is 0.351 e. The van der Waals surface area contributed by atoms with Gasteiger partial charge in [0, 0.05) is 13.2 Å². The minimum Gasteiger partial charge on any atom is -0.351 e. The van der Waals surface area contributed by atoms with Crippen LogP contribution >= 0.6 is 0 Å². The summed E-state index contributed by atoms with van der Waals surface area (Å²) in [5, 5.41) is 3.28. The second kappa shape index (κ2) is 10.4. The molecule has 0 bridgehead atoms. The highest BCUT2D eigenvalue weighted by Gasteiger charge is 2.19. The number of unbranched alkanes of at least 4 members (excludes halogenated alkanes) is 2. The highest BCUT2D eigenvalue weighted by atomic mass is 16.7. The molecule has 0 saturated heterocycles. The lowest BCUT2D eigenvalue weighted by Gasteiger charge is -2.26. The molecule has 0 amide bonds. The Balaban J connectivity index is 3.93. The topological polar surface area (TPSA) is 30.5 Å². The van der Waals surface area contributed by atoms with Crippen molar-refractivity contribution in [3.8, 4) is 0 Å². The van der Waals surface area contributed by atoms with E-state index >= 15 is 0 Å². The van der Waals surface area contributed by atoms with Gasteiger partial charge >= 0.3 is 0 Å². The van der Waals surface area contributed by atoms with Crippen molar-refractivity contribution in [2.24, 2.45) is 0 Å². The van der Waals surface area contributed by atoms with Crippen LogP contribution in [0.5, 0.6) is 0 Å². The maximum Gasteiger partial charge on any atom is 0.172 e. The predicted octanol–water partition coefficient (Wildman–Crippen LogP) is 2.55. The molecule has 0 radical (unpaired) electrons. The van der Waals surface area contributed by atoms with Gasteiger partial charge in [-0.3, -0.25) is 0 Å². The first kappa shape index (κ1) is 14.9. The Hall–Kier alpha value is -0.120. The van der Waals surface area contributed by atoms with E-state index in [-0.39, 0.29) is 6.29 Å². The number of likely N-dealkylation sites (N-methyl/N-ethyl adjacent to an activating group) is 1. The Bertz CT molecular complexity index is 125. The zero-order valence-electron chi connectivity index (χ0n) is 10.7. The Morgan fingerprint density at radius 1 is 1.00 bits per heavy atom. The summed E-state index contributed by atoms with van der Waals surface area (Å²) in [5.41, 5.74) is 0. The summed E-state index contributed by atoms with van der Waals surface area (Å²) >= 11 is 0. The smallest absolute Gasteiger partial charge is 0.172 e. The van der Waals surface area contributed by atoms with Crippen molar-refractivity contribution in [3.63, 3.8) is 0 Å². The molecule has 0 aliphatic heterocycles. The molecule has 15 heavy (non-hydrogen) atoms. The lowest BCUT2D eigenvalue weighted by molar-refractivity contribution is -0.154. The maximum absolute atomic E-state index is 5.58. The first-order chi connectivity index (χ1) is 7.29. The third-order valence-corrected chi connectivity index (χ3v) is 2.48. The Kier molecular flexibility index (Phi) is 10.3. The van der Waals surface area contributed by atoms with Crippen LogP contribution in [0.1, 0.15) is 46.5 Å². The van der Waals surface area contributed by atoms with E-state index in [1.165, 1.54) is 19.3 Å². The molecule has 0 rings (SSSR count). The van der Waals surface area contributed by atoms with Gasteiger partial charge in [0.2, 0.25) is 0 Å². The predicted molar refractivity (Wildman–Crippen MR) is 64.0 cm³/mol. The molecule has 92 valence electrons. The lowest BCUT2D eigenvalue weighted by atomic mass is 10.1. The number of nitrogens with one attached hydrogen (secondary N) is 1. The van der Waals surface area contributed by atoms with Crippen LogP contribution < -0.4 is 5.32 Å². The average Bonchev–Trinajstić information content (AvgIpc) is 2.24. The minimum absolute atomic E-state index is 0.0955. The van der Waals surface area contributed by atoms with Crippen LogP contribution in [0.4, 0.5) is 0 Å². The van der Waals surface area contributed by atoms with E-state index in [1.54, 1.807) is 0 Å². The van der Waals surface area contributed by atoms with Gasteiger partial charge in [-0.2, -0.15) is 0 Å². The maximum atomic E-state index is 5.58. The van der Waals surface area contributed by atoms with E-state index in [0.717, 1.165) is 6.42 Å². The Morgan fingerprint density at radius 3 is 2.00 bits per heavy atom. The molecule has 1 N–H and O–H groups in total. The second-order valence-electron chi connectivity index (χ2n) is 3.67. The van der Waals surface area contributed by atoms with Gasteiger partial charge in [0.1, 0.15) is 0 Å². The number of rotatable bonds is 10. The first-order valence-electron chi connectivity index (χ1n) is 6.20. The lowest BCUT2D eigenvalue weighted by Crippen LogP contribution is -2.41. The van der Waals surface area contributed by atoms with Crippen LogP contribution in [-0.4, -0.2) is 32.6 Å². The highest BCUT2D eigenvalue weighted by Crippen LogP contribution is 2.10. The SMILES string of the molecule is CCCCCC(NC)C(OCC)OCC. The molecule has 0 aliphatic rings. The van der Waals surface area contributed by atoms with Gasteiger partial charge < -0.3 is 14.8 Å². The van der Waals surface area contributed by atoms with Gasteiger partial charge in [0.15, 0.2) is 6.29 Å². The molecule has 1 atom stereocenters. The zero-order valence-corrected chi connectivity index (χ0v) is 10.7. The molecule has 0 aromatic heterocycles. The van der Waals surface area contributed by atoms with Crippen molar-refractivity contribution >= 4 is 0 Å². The number of hydrogen-bond donors (Lipinski definition) is 1. The molecule has 0 aliphatic carbocycles. The van der Waals surface area contributed by atoms with Crippen molar-refractivity contribution in [3.05, 3.63) is 0 Å². The average molecular weight is 217 g/mol. The van der Waals surface area contributed by atoms with Crippen LogP contribution in [0.2, 0.25) is 0 Å². The molecule has 0 spiro atoms. The number of ether oxygens (including phenoxy) is 2. The van der Waals surface area contributed by atoms with E-state index in [9.17, 15) is 0 Å². The van der Waals surface area contributed by atoms with Gasteiger partial charge in [-0.05, 0) is 27.3 Å². The second-order valence-corrected chi connectivity index (χ2v) is 3.67. The fraction of sp³-hybridized carbons (Fsp3) is 1.00. The monoisotopic (exact) mass is 217 g/mol. The Labute approximate surface area is 94.5 Å². The van der Waals surface area contributed by atoms with Crippen molar-refractivity contribution in [1.29, 1.82) is 0 Å². The van der Waals surface area contributed by atoms with Crippen LogP contribution in [-0.2, 0) is 9.47 Å². The summed E-state index contributed by atoms with van der Waals surface area (Å²) < 4.78 is 11.2. The van der Waals surface area contributed by atoms with Crippen LogP contribution in [0, 0.1) is 0 Å². The van der Waals surface area contributed by atoms with Gasteiger partial charge in [-0.1, -0.05) is 26.2 Å². The van der Waals surface area contributed by atoms with Crippen LogP contribution in [0.15, 0.2) is 0 Å². The number of hydrogen-bond acceptors (Lipinski definition) is 3. The summed E-state index contributed by atoms with van der Waals surface area (Å²) in [7, 11) is 1.97. The molecule has 1 unspecified atom stereocenters. The molecule has 3 heteroatoms. The van der Waals surface area contributed by atoms with Crippen molar-refractivity contribution < 1.29 is 9.47 Å². The fourth-order valence-electron chi connectivity index (χ4n) is 1.64. The van der Waals surface area contributed by atoms with E-state index in [2.05, 4.69) is 12.2 Å². The molecule has 0 saturated carbocycles. The first-order valence-corrected chi connectivity index (χ1v) is 6.20. The molecular weight excluding hydrogens is 190 g/mol. The molecule has 0 aromatic rings. The summed E-state index contributed by atoms with van der Waals surface area (Å²) in [4.78, 5) is 0. The van der Waals surface area contributed by atoms with Gasteiger partial charge in [-0.25, -0.2) is 0 Å². The van der Waals surface area contributed by atoms with Crippen LogP contribution in [0.3, 0.4) is 0 Å². The standard InChI is InChI=1S/C12H27NO2/c1-5-8-9-10-11(13-4)12(14-6-2)15-7-3/h11-13H,5-10H2,1-4H3. The molecule has 3 nitrogen and oxygen atoms in total. The van der Waals surface area contributed by atoms with Crippen LogP contribution in [0.25, 0.3) is 0 Å². The van der Waals surface area contributed by atoms with Crippen molar-refractivity contribution in [1.82, 2.24) is 5.32 Å². The molecule has 0 aromatic carbocycles. The van der Waals surface area contributed by atoms with Crippen molar-refractivity contribution in [2.75, 3.05) is 20.3 Å². The van der Waals surface area contributed by atoms with E-state index < -0.39 is 0 Å². The fourth-order valence-corrected chi connectivity index (χ4v) is 1.64. The third-order valence-electron chi connectivity index (χ3n) is 2.48. The third kappa shape index (κ3) is 6.88. The van der Waals surface area contributed by atoms with Gasteiger partial charge in [0.25, 0.3) is 0 Å². The minimum atomic E-state index is -0.0955. The summed E-state index contributed by atoms with van der Waals surface area (Å²) in [5.74, 6) is 0. The van der Waals surface area contributed by atoms with Gasteiger partial charge in [0.05, 0.1) is 6.04 Å². The normalized spacial score (nSPS) is 13.4. The van der Waals surface area contributed by atoms with Gasteiger partial charge in [-0.15, -0.1) is 0 Å². The summed E-state index contributed by atoms with van der Waals surface area (Å²) in [6.45, 7) is 7.64. The van der Waals surface area contributed by atoms with E-state index in [4.69, 9.17) is 9.47 Å². The van der Waals surface area contributed by atoms with E-state index in [0.29, 0.717) is 19.3 Å². The molecular formula is C12H27NO2. The van der Waals surface area contributed by atoms with Crippen molar-refractivity contribution in [2.45, 2.75) is 58.8 Å². The Morgan fingerprint density at radius 2 is 1.60 bits per heavy atom. The molecule has 0 heterocycles. The quantitative estimate of drug-likeness (QED) is 0.450. The van der Waals surface area contributed by atoms with E-state index in [1.807, 2.05) is 20.9 Å². The molecule has 0 fully saturated rings. The summed E-state index contributed by atoms with van der Waals surface area (Å²) in [6.07, 6.45) is 4.79.